The molecular weight excluding hydrogens is 390 g/mol. The van der Waals surface area contributed by atoms with Crippen LogP contribution in [0.1, 0.15) is 27.2 Å². The number of nitrogens with two attached hydrogens (primary N) is 2. The predicted molar refractivity (Wildman–Crippen MR) is 98.8 cm³/mol. The Morgan fingerprint density at radius 3 is 1.79 bits per heavy atom. The Balaban J connectivity index is 5.22. The van der Waals surface area contributed by atoms with Gasteiger partial charge in [0.25, 0.3) is 0 Å². The summed E-state index contributed by atoms with van der Waals surface area (Å²) in [6.45, 7) is 3.56. The van der Waals surface area contributed by atoms with Gasteiger partial charge in [-0.05, 0) is 12.8 Å². The minimum atomic E-state index is -1.59. The van der Waals surface area contributed by atoms with Crippen LogP contribution in [0.15, 0.2) is 0 Å². The van der Waals surface area contributed by atoms with Crippen LogP contribution in [0.3, 0.4) is 0 Å². The first kappa shape index (κ1) is 26.2. The van der Waals surface area contributed by atoms with Crippen LogP contribution in [0, 0.1) is 5.92 Å². The third-order valence-corrected chi connectivity index (χ3v) is 3.90. The molecule has 0 saturated carbocycles. The monoisotopic (exact) mass is 419 g/mol. The molecule has 5 unspecified atom stereocenters. The Morgan fingerprint density at radius 2 is 1.41 bits per heavy atom. The van der Waals surface area contributed by atoms with E-state index in [1.165, 1.54) is 6.92 Å². The lowest BCUT2D eigenvalue weighted by molar-refractivity contribution is -0.144. The summed E-state index contributed by atoms with van der Waals surface area (Å²) in [6, 6.07) is -5.64. The van der Waals surface area contributed by atoms with Crippen LogP contribution in [0.2, 0.25) is 0 Å². The van der Waals surface area contributed by atoms with Gasteiger partial charge in [-0.2, -0.15) is 0 Å². The summed E-state index contributed by atoms with van der Waals surface area (Å²) in [5, 5.41) is 34.3. The van der Waals surface area contributed by atoms with E-state index in [1.807, 2.05) is 0 Å². The molecule has 0 rings (SSSR count). The van der Waals surface area contributed by atoms with E-state index >= 15 is 0 Å². The number of primary amides is 1. The largest absolute Gasteiger partial charge is 0.480 e. The van der Waals surface area contributed by atoms with E-state index in [1.54, 1.807) is 13.8 Å². The Bertz CT molecular complexity index is 624. The van der Waals surface area contributed by atoms with Gasteiger partial charge >= 0.3 is 5.97 Å². The number of aliphatic hydroxyl groups is 2. The number of rotatable bonds is 12. The predicted octanol–water partition coefficient (Wildman–Crippen LogP) is -4.24. The third kappa shape index (κ3) is 8.85. The second-order valence-corrected chi connectivity index (χ2v) is 6.81. The Labute approximate surface area is 167 Å². The van der Waals surface area contributed by atoms with Crippen molar-refractivity contribution in [3.8, 4) is 0 Å². The molecular formula is C16H29N5O8. The zero-order valence-electron chi connectivity index (χ0n) is 16.4. The van der Waals surface area contributed by atoms with Crippen LogP contribution >= 0.6 is 0 Å². The SMILES string of the molecule is CC(C)C(NC(=O)C(CO)NC(=O)C(N)C(C)O)C(=O)NC(CC(N)=O)C(=O)O. The van der Waals surface area contributed by atoms with Gasteiger partial charge in [0.2, 0.25) is 23.6 Å². The average molecular weight is 419 g/mol. The van der Waals surface area contributed by atoms with E-state index in [2.05, 4.69) is 16.0 Å². The van der Waals surface area contributed by atoms with E-state index in [4.69, 9.17) is 16.6 Å². The van der Waals surface area contributed by atoms with Crippen molar-refractivity contribution in [2.24, 2.45) is 17.4 Å². The first-order chi connectivity index (χ1) is 13.3. The highest BCUT2D eigenvalue weighted by atomic mass is 16.4. The molecule has 0 aliphatic carbocycles. The molecule has 0 aliphatic heterocycles. The summed E-state index contributed by atoms with van der Waals surface area (Å²) in [5.41, 5.74) is 10.4. The van der Waals surface area contributed by atoms with Crippen LogP contribution in [0.4, 0.5) is 0 Å². The molecule has 0 heterocycles. The lowest BCUT2D eigenvalue weighted by atomic mass is 10.0. The molecule has 0 aromatic rings. The molecule has 4 amide bonds. The van der Waals surface area contributed by atoms with E-state index in [0.717, 1.165) is 0 Å². The van der Waals surface area contributed by atoms with Gasteiger partial charge in [0.15, 0.2) is 0 Å². The second kappa shape index (κ2) is 11.9. The smallest absolute Gasteiger partial charge is 0.326 e. The molecule has 0 bridgehead atoms. The van der Waals surface area contributed by atoms with Crippen LogP contribution in [0.5, 0.6) is 0 Å². The van der Waals surface area contributed by atoms with Gasteiger partial charge in [-0.25, -0.2) is 4.79 Å². The summed E-state index contributed by atoms with van der Waals surface area (Å²) in [4.78, 5) is 58.7. The van der Waals surface area contributed by atoms with Gasteiger partial charge < -0.3 is 42.7 Å². The highest BCUT2D eigenvalue weighted by Crippen LogP contribution is 2.05. The second-order valence-electron chi connectivity index (χ2n) is 6.81. The van der Waals surface area contributed by atoms with Gasteiger partial charge in [-0.3, -0.25) is 19.2 Å². The summed E-state index contributed by atoms with van der Waals surface area (Å²) in [6.07, 6.45) is -1.85. The number of carboxylic acids is 1. The van der Waals surface area contributed by atoms with Gasteiger partial charge in [-0.1, -0.05) is 13.8 Å². The lowest BCUT2D eigenvalue weighted by Crippen LogP contribution is -2.60. The molecule has 0 aromatic heterocycles. The minimum absolute atomic E-state index is 0.517. The summed E-state index contributed by atoms with van der Waals surface area (Å²) >= 11 is 0. The Hall–Kier alpha value is -2.77. The van der Waals surface area contributed by atoms with Crippen molar-refractivity contribution in [3.05, 3.63) is 0 Å². The van der Waals surface area contributed by atoms with E-state index in [0.29, 0.717) is 0 Å². The van der Waals surface area contributed by atoms with E-state index in [9.17, 15) is 34.2 Å². The first-order valence-electron chi connectivity index (χ1n) is 8.78. The number of hydrogen-bond donors (Lipinski definition) is 8. The van der Waals surface area contributed by atoms with Crippen LogP contribution in [0.25, 0.3) is 0 Å². The number of hydrogen-bond acceptors (Lipinski definition) is 8. The fourth-order valence-corrected chi connectivity index (χ4v) is 2.13. The zero-order chi connectivity index (χ0) is 22.9. The molecule has 0 aliphatic rings. The van der Waals surface area contributed by atoms with Crippen molar-refractivity contribution in [3.63, 3.8) is 0 Å². The minimum Gasteiger partial charge on any atom is -0.480 e. The highest BCUT2D eigenvalue weighted by Gasteiger charge is 2.32. The summed E-state index contributed by atoms with van der Waals surface area (Å²) in [7, 11) is 0. The fourth-order valence-electron chi connectivity index (χ4n) is 2.13. The van der Waals surface area contributed by atoms with Crippen molar-refractivity contribution in [1.29, 1.82) is 0 Å². The molecule has 166 valence electrons. The first-order valence-corrected chi connectivity index (χ1v) is 8.78. The molecule has 29 heavy (non-hydrogen) atoms. The van der Waals surface area contributed by atoms with Crippen LogP contribution < -0.4 is 27.4 Å². The molecule has 10 N–H and O–H groups in total. The Kier molecular flexibility index (Phi) is 10.8. The number of aliphatic carboxylic acids is 1. The molecule has 0 aromatic carbocycles. The standard InChI is InChI=1S/C16H29N5O8/c1-6(2)12(15(27)19-8(16(28)29)4-10(17)24)21-13(25)9(5-22)20-14(26)11(18)7(3)23/h6-9,11-12,22-23H,4-5,18H2,1-3H3,(H2,17,24)(H,19,27)(H,20,26)(H,21,25)(H,28,29). The number of carbonyl (C=O) groups is 5. The third-order valence-electron chi connectivity index (χ3n) is 3.90. The Morgan fingerprint density at radius 1 is 0.897 bits per heavy atom. The van der Waals surface area contributed by atoms with E-state index < -0.39 is 78.8 Å². The summed E-state index contributed by atoms with van der Waals surface area (Å²) in [5.74, 6) is -5.68. The molecule has 5 atom stereocenters. The topological polar surface area (TPSA) is 234 Å². The number of carbonyl (C=O) groups excluding carboxylic acids is 4. The van der Waals surface area contributed by atoms with Crippen molar-refractivity contribution >= 4 is 29.6 Å². The molecule has 0 fully saturated rings. The lowest BCUT2D eigenvalue weighted by Gasteiger charge is -2.26. The molecule has 0 radical (unpaired) electrons. The fraction of sp³-hybridized carbons (Fsp3) is 0.688. The van der Waals surface area contributed by atoms with Crippen molar-refractivity contribution < 1.29 is 39.3 Å². The number of aliphatic hydroxyl groups excluding tert-OH is 2. The maximum Gasteiger partial charge on any atom is 0.326 e. The number of nitrogens with one attached hydrogen (secondary N) is 3. The highest BCUT2D eigenvalue weighted by molar-refractivity contribution is 5.95. The van der Waals surface area contributed by atoms with Gasteiger partial charge in [0, 0.05) is 0 Å². The van der Waals surface area contributed by atoms with Crippen molar-refractivity contribution in [2.75, 3.05) is 6.61 Å². The molecule has 13 nitrogen and oxygen atoms in total. The summed E-state index contributed by atoms with van der Waals surface area (Å²) < 4.78 is 0. The molecule has 0 spiro atoms. The maximum atomic E-state index is 12.4. The van der Waals surface area contributed by atoms with Gasteiger partial charge in [0.1, 0.15) is 24.2 Å². The molecule has 0 saturated heterocycles. The van der Waals surface area contributed by atoms with Crippen LogP contribution in [-0.4, -0.2) is 81.8 Å². The quantitative estimate of drug-likeness (QED) is 0.153. The van der Waals surface area contributed by atoms with Gasteiger partial charge in [-0.15, -0.1) is 0 Å². The van der Waals surface area contributed by atoms with Gasteiger partial charge in [0.05, 0.1) is 19.1 Å². The molecule has 13 heteroatoms. The van der Waals surface area contributed by atoms with E-state index in [-0.39, 0.29) is 0 Å². The average Bonchev–Trinajstić information content (AvgIpc) is 2.61. The van der Waals surface area contributed by atoms with Crippen molar-refractivity contribution in [1.82, 2.24) is 16.0 Å². The zero-order valence-corrected chi connectivity index (χ0v) is 16.4. The van der Waals surface area contributed by atoms with Crippen LogP contribution in [-0.2, 0) is 24.0 Å². The normalized spacial score (nSPS) is 16.1. The van der Waals surface area contributed by atoms with Crippen molar-refractivity contribution in [2.45, 2.75) is 57.5 Å². The maximum absolute atomic E-state index is 12.4. The number of amides is 4. The number of carboxylic acid groups (broad SMARTS) is 1.